The quantitative estimate of drug-likeness (QED) is 0.846. The Balaban J connectivity index is 2.26. The Bertz CT molecular complexity index is 649. The highest BCUT2D eigenvalue weighted by molar-refractivity contribution is 7.84. The minimum atomic E-state index is -0.895. The van der Waals surface area contributed by atoms with E-state index in [4.69, 9.17) is 5.73 Å². The third kappa shape index (κ3) is 3.44. The van der Waals surface area contributed by atoms with Gasteiger partial charge in [-0.3, -0.25) is 4.21 Å². The number of nitrogens with zero attached hydrogens (tertiary/aromatic N) is 4. The lowest BCUT2D eigenvalue weighted by Gasteiger charge is -2.10. The summed E-state index contributed by atoms with van der Waals surface area (Å²) in [5.74, 6) is 0.0669. The molecule has 0 amide bonds. The molecule has 0 bridgehead atoms. The molecule has 0 saturated carbocycles. The molecule has 8 heteroatoms. The summed E-state index contributed by atoms with van der Waals surface area (Å²) >= 11 is 0. The normalized spacial score (nSPS) is 14.1. The van der Waals surface area contributed by atoms with Gasteiger partial charge in [-0.1, -0.05) is 6.92 Å². The number of nitrogen functional groups attached to an aromatic ring is 1. The molecule has 2 atom stereocenters. The highest BCUT2D eigenvalue weighted by Crippen LogP contribution is 2.24. The zero-order chi connectivity index (χ0) is 15.6. The second-order valence-corrected chi connectivity index (χ2v) is 6.80. The number of aromatic nitrogens is 4. The smallest absolute Gasteiger partial charge is 0.182 e. The topological polar surface area (TPSA) is 86.7 Å². The summed E-state index contributed by atoms with van der Waals surface area (Å²) in [4.78, 5) is 0. The van der Waals surface area contributed by atoms with Gasteiger partial charge in [0.2, 0.25) is 0 Å². The lowest BCUT2D eigenvalue weighted by Crippen LogP contribution is -2.14. The van der Waals surface area contributed by atoms with E-state index in [1.807, 2.05) is 6.92 Å². The van der Waals surface area contributed by atoms with Crippen LogP contribution in [0.1, 0.15) is 18.9 Å². The Kier molecular flexibility index (Phi) is 4.66. The fourth-order valence-electron chi connectivity index (χ4n) is 1.86. The molecule has 2 unspecified atom stereocenters. The SMILES string of the molecule is Cc1c(N)cc(-c2nnnn2CCC(C)S(C)=O)cc1F. The van der Waals surface area contributed by atoms with E-state index < -0.39 is 10.8 Å². The van der Waals surface area contributed by atoms with Crippen molar-refractivity contribution in [1.29, 1.82) is 0 Å². The van der Waals surface area contributed by atoms with Gasteiger partial charge < -0.3 is 5.73 Å². The van der Waals surface area contributed by atoms with Crippen molar-refractivity contribution in [2.45, 2.75) is 32.1 Å². The monoisotopic (exact) mass is 311 g/mol. The van der Waals surface area contributed by atoms with Crippen LogP contribution < -0.4 is 5.73 Å². The molecule has 21 heavy (non-hydrogen) atoms. The van der Waals surface area contributed by atoms with Gasteiger partial charge in [-0.15, -0.1) is 5.10 Å². The third-order valence-corrected chi connectivity index (χ3v) is 4.86. The van der Waals surface area contributed by atoms with Crippen molar-refractivity contribution in [3.05, 3.63) is 23.5 Å². The van der Waals surface area contributed by atoms with Crippen molar-refractivity contribution < 1.29 is 8.60 Å². The van der Waals surface area contributed by atoms with Crippen LogP contribution >= 0.6 is 0 Å². The van der Waals surface area contributed by atoms with Crippen LogP contribution in [0.15, 0.2) is 12.1 Å². The van der Waals surface area contributed by atoms with Gasteiger partial charge in [0.1, 0.15) is 5.82 Å². The zero-order valence-corrected chi connectivity index (χ0v) is 13.0. The Hall–Kier alpha value is -1.83. The summed E-state index contributed by atoms with van der Waals surface area (Å²) in [6.07, 6.45) is 2.34. The molecule has 1 heterocycles. The average Bonchev–Trinajstić information content (AvgIpc) is 2.89. The minimum Gasteiger partial charge on any atom is -0.398 e. The molecule has 0 aliphatic heterocycles. The van der Waals surface area contributed by atoms with E-state index in [9.17, 15) is 8.60 Å². The molecule has 0 radical (unpaired) electrons. The zero-order valence-electron chi connectivity index (χ0n) is 12.2. The Morgan fingerprint density at radius 1 is 1.48 bits per heavy atom. The molecule has 114 valence electrons. The molecular weight excluding hydrogens is 293 g/mol. The molecule has 1 aromatic heterocycles. The number of tetrazole rings is 1. The van der Waals surface area contributed by atoms with E-state index >= 15 is 0 Å². The Morgan fingerprint density at radius 3 is 2.81 bits per heavy atom. The van der Waals surface area contributed by atoms with Crippen molar-refractivity contribution in [2.75, 3.05) is 12.0 Å². The summed E-state index contributed by atoms with van der Waals surface area (Å²) in [5.41, 5.74) is 7.09. The first-order valence-electron chi connectivity index (χ1n) is 6.54. The third-order valence-electron chi connectivity index (χ3n) is 3.49. The molecule has 0 saturated heterocycles. The van der Waals surface area contributed by atoms with E-state index in [1.54, 1.807) is 23.9 Å². The lowest BCUT2D eigenvalue weighted by atomic mass is 10.1. The van der Waals surface area contributed by atoms with E-state index in [0.717, 1.165) is 0 Å². The highest BCUT2D eigenvalue weighted by Gasteiger charge is 2.14. The molecule has 0 spiro atoms. The number of benzene rings is 1. The largest absolute Gasteiger partial charge is 0.398 e. The van der Waals surface area contributed by atoms with Gasteiger partial charge in [0.25, 0.3) is 0 Å². The number of rotatable bonds is 5. The molecule has 1 aromatic carbocycles. The lowest BCUT2D eigenvalue weighted by molar-refractivity contribution is 0.555. The molecule has 2 aromatic rings. The molecular formula is C13H18FN5OS. The molecule has 0 fully saturated rings. The van der Waals surface area contributed by atoms with Gasteiger partial charge in [0.05, 0.1) is 0 Å². The first kappa shape index (κ1) is 15.6. The van der Waals surface area contributed by atoms with Crippen LogP contribution in [-0.2, 0) is 17.3 Å². The predicted octanol–water partition coefficient (Wildman–Crippen LogP) is 1.53. The van der Waals surface area contributed by atoms with Gasteiger partial charge in [-0.25, -0.2) is 9.07 Å². The molecule has 0 aliphatic rings. The molecule has 2 N–H and O–H groups in total. The van der Waals surface area contributed by atoms with Crippen LogP contribution in [0.5, 0.6) is 0 Å². The number of aryl methyl sites for hydroxylation is 1. The number of nitrogens with two attached hydrogens (primary N) is 1. The Labute approximate surface area is 125 Å². The summed E-state index contributed by atoms with van der Waals surface area (Å²) in [7, 11) is -0.895. The van der Waals surface area contributed by atoms with E-state index in [0.29, 0.717) is 35.6 Å². The summed E-state index contributed by atoms with van der Waals surface area (Å²) in [5, 5.41) is 11.5. The van der Waals surface area contributed by atoms with Gasteiger partial charge in [-0.2, -0.15) is 0 Å². The number of hydrogen-bond acceptors (Lipinski definition) is 5. The fourth-order valence-corrected chi connectivity index (χ4v) is 2.30. The fraction of sp³-hybridized carbons (Fsp3) is 0.462. The van der Waals surface area contributed by atoms with Crippen molar-refractivity contribution in [1.82, 2.24) is 20.2 Å². The van der Waals surface area contributed by atoms with Gasteiger partial charge in [-0.05, 0) is 35.9 Å². The number of halogens is 1. The van der Waals surface area contributed by atoms with E-state index in [-0.39, 0.29) is 11.1 Å². The maximum Gasteiger partial charge on any atom is 0.182 e. The van der Waals surface area contributed by atoms with Crippen molar-refractivity contribution in [3.8, 4) is 11.4 Å². The van der Waals surface area contributed by atoms with Gasteiger partial charge in [0, 0.05) is 45.7 Å². The maximum absolute atomic E-state index is 13.8. The average molecular weight is 311 g/mol. The molecule has 6 nitrogen and oxygen atoms in total. The first-order valence-corrected chi connectivity index (χ1v) is 8.16. The van der Waals surface area contributed by atoms with Crippen LogP contribution in [0, 0.1) is 12.7 Å². The van der Waals surface area contributed by atoms with Gasteiger partial charge >= 0.3 is 0 Å². The van der Waals surface area contributed by atoms with Crippen LogP contribution in [0.25, 0.3) is 11.4 Å². The first-order chi connectivity index (χ1) is 9.90. The highest BCUT2D eigenvalue weighted by atomic mass is 32.2. The Morgan fingerprint density at radius 2 is 2.19 bits per heavy atom. The number of hydrogen-bond donors (Lipinski definition) is 1. The standard InChI is InChI=1S/C13H18FN5OS/c1-8(21(3)20)4-5-19-13(16-17-18-19)10-6-11(14)9(2)12(15)7-10/h6-8H,4-5,15H2,1-3H3. The van der Waals surface area contributed by atoms with E-state index in [1.165, 1.54) is 6.07 Å². The van der Waals surface area contributed by atoms with E-state index in [2.05, 4.69) is 15.5 Å². The van der Waals surface area contributed by atoms with Crippen LogP contribution in [0.2, 0.25) is 0 Å². The second kappa shape index (κ2) is 6.30. The van der Waals surface area contributed by atoms with Crippen molar-refractivity contribution >= 4 is 16.5 Å². The summed E-state index contributed by atoms with van der Waals surface area (Å²) in [6, 6.07) is 3.03. The summed E-state index contributed by atoms with van der Waals surface area (Å²) in [6.45, 7) is 4.04. The van der Waals surface area contributed by atoms with Crippen molar-refractivity contribution in [2.24, 2.45) is 0 Å². The minimum absolute atomic E-state index is 0.0434. The predicted molar refractivity (Wildman–Crippen MR) is 80.5 cm³/mol. The summed E-state index contributed by atoms with van der Waals surface area (Å²) < 4.78 is 26.7. The van der Waals surface area contributed by atoms with Gasteiger partial charge in [0.15, 0.2) is 5.82 Å². The maximum atomic E-state index is 13.8. The van der Waals surface area contributed by atoms with Crippen molar-refractivity contribution in [3.63, 3.8) is 0 Å². The van der Waals surface area contributed by atoms with Crippen LogP contribution in [0.3, 0.4) is 0 Å². The number of anilines is 1. The van der Waals surface area contributed by atoms with Crippen LogP contribution in [0.4, 0.5) is 10.1 Å². The molecule has 2 rings (SSSR count). The second-order valence-electron chi connectivity index (χ2n) is 5.00. The molecule has 0 aliphatic carbocycles. The van der Waals surface area contributed by atoms with Crippen LogP contribution in [-0.4, -0.2) is 35.9 Å².